The quantitative estimate of drug-likeness (QED) is 0.667. The van der Waals surface area contributed by atoms with Crippen LogP contribution in [0.1, 0.15) is 26.7 Å². The average Bonchev–Trinajstić information content (AvgIpc) is 2.29. The molecule has 0 aromatic rings. The first-order valence-corrected chi connectivity index (χ1v) is 5.28. The maximum atomic E-state index is 3.80. The summed E-state index contributed by atoms with van der Waals surface area (Å²) >= 11 is 0. The zero-order valence-corrected chi connectivity index (χ0v) is 8.97. The average molecular weight is 182 g/mol. The molecule has 0 saturated carbocycles. The van der Waals surface area contributed by atoms with Gasteiger partial charge in [-0.05, 0) is 32.9 Å². The minimum atomic E-state index is 0.305. The van der Waals surface area contributed by atoms with E-state index in [1.807, 2.05) is 6.08 Å². The SMILES string of the molecule is C=CCN1CCCNC(C)(CC)C1. The highest BCUT2D eigenvalue weighted by molar-refractivity contribution is 4.89. The largest absolute Gasteiger partial charge is 0.310 e. The Morgan fingerprint density at radius 1 is 1.62 bits per heavy atom. The smallest absolute Gasteiger partial charge is 0.0277 e. The van der Waals surface area contributed by atoms with E-state index in [9.17, 15) is 0 Å². The van der Waals surface area contributed by atoms with Crippen LogP contribution in [0.15, 0.2) is 12.7 Å². The van der Waals surface area contributed by atoms with Crippen molar-refractivity contribution in [3.8, 4) is 0 Å². The number of hydrogen-bond donors (Lipinski definition) is 1. The van der Waals surface area contributed by atoms with Gasteiger partial charge >= 0.3 is 0 Å². The molecule has 1 N–H and O–H groups in total. The molecule has 0 amide bonds. The van der Waals surface area contributed by atoms with Gasteiger partial charge in [0.2, 0.25) is 0 Å². The molecule has 2 nitrogen and oxygen atoms in total. The molecule has 1 rings (SSSR count). The van der Waals surface area contributed by atoms with Crippen LogP contribution in [0.3, 0.4) is 0 Å². The first-order valence-electron chi connectivity index (χ1n) is 5.28. The predicted molar refractivity (Wildman–Crippen MR) is 58.0 cm³/mol. The fraction of sp³-hybridized carbons (Fsp3) is 0.818. The Kier molecular flexibility index (Phi) is 3.94. The van der Waals surface area contributed by atoms with Gasteiger partial charge in [0.25, 0.3) is 0 Å². The van der Waals surface area contributed by atoms with Crippen molar-refractivity contribution in [3.05, 3.63) is 12.7 Å². The van der Waals surface area contributed by atoms with Crippen LogP contribution in [-0.2, 0) is 0 Å². The van der Waals surface area contributed by atoms with Crippen molar-refractivity contribution in [2.45, 2.75) is 32.2 Å². The second-order valence-electron chi connectivity index (χ2n) is 4.22. The van der Waals surface area contributed by atoms with Gasteiger partial charge < -0.3 is 5.32 Å². The van der Waals surface area contributed by atoms with E-state index in [0.717, 1.165) is 19.6 Å². The molecule has 2 heteroatoms. The van der Waals surface area contributed by atoms with Crippen LogP contribution in [0.5, 0.6) is 0 Å². The molecular weight excluding hydrogens is 160 g/mol. The van der Waals surface area contributed by atoms with Gasteiger partial charge in [0.15, 0.2) is 0 Å². The predicted octanol–water partition coefficient (Wildman–Crippen LogP) is 1.64. The molecule has 1 saturated heterocycles. The van der Waals surface area contributed by atoms with E-state index in [4.69, 9.17) is 0 Å². The van der Waals surface area contributed by atoms with Crippen LogP contribution in [0, 0.1) is 0 Å². The van der Waals surface area contributed by atoms with Gasteiger partial charge in [-0.15, -0.1) is 6.58 Å². The van der Waals surface area contributed by atoms with Crippen molar-refractivity contribution in [2.75, 3.05) is 26.2 Å². The van der Waals surface area contributed by atoms with Crippen LogP contribution < -0.4 is 5.32 Å². The van der Waals surface area contributed by atoms with E-state index in [0.29, 0.717) is 5.54 Å². The lowest BCUT2D eigenvalue weighted by Crippen LogP contribution is -2.48. The minimum Gasteiger partial charge on any atom is -0.310 e. The number of nitrogens with zero attached hydrogens (tertiary/aromatic N) is 1. The third-order valence-electron chi connectivity index (χ3n) is 2.94. The number of hydrogen-bond acceptors (Lipinski definition) is 2. The summed E-state index contributed by atoms with van der Waals surface area (Å²) in [6.45, 7) is 12.9. The molecular formula is C11H22N2. The Hall–Kier alpha value is -0.340. The van der Waals surface area contributed by atoms with Gasteiger partial charge in [0.1, 0.15) is 0 Å². The topological polar surface area (TPSA) is 15.3 Å². The molecule has 1 atom stereocenters. The lowest BCUT2D eigenvalue weighted by Gasteiger charge is -2.32. The third kappa shape index (κ3) is 3.12. The monoisotopic (exact) mass is 182 g/mol. The maximum Gasteiger partial charge on any atom is 0.0277 e. The molecule has 0 aromatic carbocycles. The Bertz CT molecular complexity index is 167. The molecule has 13 heavy (non-hydrogen) atoms. The van der Waals surface area contributed by atoms with E-state index < -0.39 is 0 Å². The van der Waals surface area contributed by atoms with Gasteiger partial charge in [-0.1, -0.05) is 13.0 Å². The van der Waals surface area contributed by atoms with Gasteiger partial charge in [-0.25, -0.2) is 0 Å². The second kappa shape index (κ2) is 4.77. The summed E-state index contributed by atoms with van der Waals surface area (Å²) in [7, 11) is 0. The molecule has 1 aliphatic rings. The van der Waals surface area contributed by atoms with Gasteiger partial charge in [-0.2, -0.15) is 0 Å². The Morgan fingerprint density at radius 2 is 2.38 bits per heavy atom. The Morgan fingerprint density at radius 3 is 3.00 bits per heavy atom. The van der Waals surface area contributed by atoms with Crippen molar-refractivity contribution in [1.82, 2.24) is 10.2 Å². The zero-order chi connectivity index (χ0) is 9.73. The maximum absolute atomic E-state index is 3.80. The molecule has 0 spiro atoms. The summed E-state index contributed by atoms with van der Waals surface area (Å²) in [6.07, 6.45) is 4.45. The van der Waals surface area contributed by atoms with E-state index in [2.05, 4.69) is 30.6 Å². The van der Waals surface area contributed by atoms with Crippen molar-refractivity contribution in [2.24, 2.45) is 0 Å². The molecule has 76 valence electrons. The lowest BCUT2D eigenvalue weighted by atomic mass is 9.99. The Balaban J connectivity index is 2.53. The minimum absolute atomic E-state index is 0.305. The number of rotatable bonds is 3. The number of nitrogens with one attached hydrogen (secondary N) is 1. The van der Waals surface area contributed by atoms with Gasteiger partial charge in [0, 0.05) is 18.6 Å². The highest BCUT2D eigenvalue weighted by atomic mass is 15.2. The molecule has 0 aromatic heterocycles. The van der Waals surface area contributed by atoms with Crippen LogP contribution in [0.4, 0.5) is 0 Å². The summed E-state index contributed by atoms with van der Waals surface area (Å²) in [6, 6.07) is 0. The highest BCUT2D eigenvalue weighted by Crippen LogP contribution is 2.14. The molecule has 0 radical (unpaired) electrons. The summed E-state index contributed by atoms with van der Waals surface area (Å²) in [4.78, 5) is 2.48. The zero-order valence-electron chi connectivity index (χ0n) is 8.97. The first-order chi connectivity index (χ1) is 6.20. The molecule has 0 aliphatic carbocycles. The summed E-state index contributed by atoms with van der Waals surface area (Å²) < 4.78 is 0. The summed E-state index contributed by atoms with van der Waals surface area (Å²) in [5, 5.41) is 3.62. The Labute approximate surface area is 82.0 Å². The third-order valence-corrected chi connectivity index (χ3v) is 2.94. The van der Waals surface area contributed by atoms with Crippen molar-refractivity contribution >= 4 is 0 Å². The van der Waals surface area contributed by atoms with Gasteiger partial charge in [0.05, 0.1) is 0 Å². The van der Waals surface area contributed by atoms with E-state index in [1.165, 1.54) is 19.4 Å². The first kappa shape index (κ1) is 10.7. The summed E-state index contributed by atoms with van der Waals surface area (Å²) in [5.41, 5.74) is 0.305. The van der Waals surface area contributed by atoms with Crippen LogP contribution >= 0.6 is 0 Å². The standard InChI is InChI=1S/C11H22N2/c1-4-8-13-9-6-7-12-11(3,5-2)10-13/h4,12H,1,5-10H2,2-3H3. The fourth-order valence-electron chi connectivity index (χ4n) is 1.90. The van der Waals surface area contributed by atoms with E-state index >= 15 is 0 Å². The highest BCUT2D eigenvalue weighted by Gasteiger charge is 2.26. The lowest BCUT2D eigenvalue weighted by molar-refractivity contribution is 0.232. The van der Waals surface area contributed by atoms with Gasteiger partial charge in [-0.3, -0.25) is 4.90 Å². The van der Waals surface area contributed by atoms with Crippen molar-refractivity contribution < 1.29 is 0 Å². The summed E-state index contributed by atoms with van der Waals surface area (Å²) in [5.74, 6) is 0. The normalized spacial score (nSPS) is 31.2. The molecule has 1 aliphatic heterocycles. The fourth-order valence-corrected chi connectivity index (χ4v) is 1.90. The van der Waals surface area contributed by atoms with Crippen LogP contribution in [0.25, 0.3) is 0 Å². The van der Waals surface area contributed by atoms with E-state index in [-0.39, 0.29) is 0 Å². The molecule has 0 bridgehead atoms. The van der Waals surface area contributed by atoms with Crippen molar-refractivity contribution in [3.63, 3.8) is 0 Å². The molecule has 1 heterocycles. The molecule has 1 fully saturated rings. The van der Waals surface area contributed by atoms with E-state index in [1.54, 1.807) is 0 Å². The van der Waals surface area contributed by atoms with Crippen LogP contribution in [-0.4, -0.2) is 36.6 Å². The van der Waals surface area contributed by atoms with Crippen LogP contribution in [0.2, 0.25) is 0 Å². The second-order valence-corrected chi connectivity index (χ2v) is 4.22. The molecule has 1 unspecified atom stereocenters. The van der Waals surface area contributed by atoms with Crippen molar-refractivity contribution in [1.29, 1.82) is 0 Å².